The summed E-state index contributed by atoms with van der Waals surface area (Å²) in [6.07, 6.45) is 0. The summed E-state index contributed by atoms with van der Waals surface area (Å²) in [5.41, 5.74) is 0.625. The lowest BCUT2D eigenvalue weighted by Crippen LogP contribution is -2.33. The number of para-hydroxylation sites is 1. The van der Waals surface area contributed by atoms with Crippen molar-refractivity contribution in [3.05, 3.63) is 36.1 Å². The van der Waals surface area contributed by atoms with E-state index in [0.29, 0.717) is 12.1 Å². The predicted molar refractivity (Wildman–Crippen MR) is 69.7 cm³/mol. The van der Waals surface area contributed by atoms with Gasteiger partial charge in [-0.25, -0.2) is 0 Å². The van der Waals surface area contributed by atoms with Crippen molar-refractivity contribution in [2.45, 2.75) is 6.04 Å². The number of hydrogen-bond acceptors (Lipinski definition) is 4. The maximum absolute atomic E-state index is 11.9. The van der Waals surface area contributed by atoms with Gasteiger partial charge in [-0.05, 0) is 12.1 Å². The number of hydrogen-bond donors (Lipinski definition) is 1. The fourth-order valence-electron chi connectivity index (χ4n) is 1.96. The number of rotatable bonds is 3. The first-order valence-corrected chi connectivity index (χ1v) is 6.15. The minimum Gasteiger partial charge on any atom is -0.451 e. The highest BCUT2D eigenvalue weighted by Crippen LogP contribution is 2.19. The lowest BCUT2D eigenvalue weighted by atomic mass is 10.2. The van der Waals surface area contributed by atoms with E-state index in [2.05, 4.69) is 5.32 Å². The van der Waals surface area contributed by atoms with Crippen LogP contribution in [-0.4, -0.2) is 35.8 Å². The Morgan fingerprint density at radius 1 is 1.45 bits per heavy atom. The smallest absolute Gasteiger partial charge is 0.287 e. The number of carbonyl (C=O) groups is 2. The van der Waals surface area contributed by atoms with Crippen molar-refractivity contribution in [3.8, 4) is 6.07 Å². The van der Waals surface area contributed by atoms with Crippen LogP contribution >= 0.6 is 0 Å². The Labute approximate surface area is 114 Å². The minimum atomic E-state index is -0.440. The second-order valence-corrected chi connectivity index (χ2v) is 4.52. The fourth-order valence-corrected chi connectivity index (χ4v) is 1.96. The van der Waals surface area contributed by atoms with Crippen LogP contribution in [0, 0.1) is 11.3 Å². The molecule has 1 aromatic carbocycles. The summed E-state index contributed by atoms with van der Waals surface area (Å²) >= 11 is 0. The zero-order valence-electron chi connectivity index (χ0n) is 10.5. The van der Waals surface area contributed by atoms with Gasteiger partial charge in [0.15, 0.2) is 5.76 Å². The average molecular weight is 269 g/mol. The Bertz CT molecular complexity index is 696. The summed E-state index contributed by atoms with van der Waals surface area (Å²) in [6, 6.07) is 10.5. The van der Waals surface area contributed by atoms with Crippen LogP contribution in [0.1, 0.15) is 10.6 Å². The van der Waals surface area contributed by atoms with Gasteiger partial charge in [0.25, 0.3) is 5.91 Å². The molecule has 1 fully saturated rings. The molecular formula is C14H11N3O3. The second kappa shape index (κ2) is 4.70. The minimum absolute atomic E-state index is 0.131. The summed E-state index contributed by atoms with van der Waals surface area (Å²) in [4.78, 5) is 24.9. The van der Waals surface area contributed by atoms with Crippen molar-refractivity contribution in [1.82, 2.24) is 10.2 Å². The second-order valence-electron chi connectivity index (χ2n) is 4.52. The number of nitrogens with zero attached hydrogens (tertiary/aromatic N) is 2. The highest BCUT2D eigenvalue weighted by atomic mass is 16.3. The van der Waals surface area contributed by atoms with Crippen LogP contribution < -0.4 is 5.32 Å². The molecule has 0 saturated carbocycles. The van der Waals surface area contributed by atoms with Crippen molar-refractivity contribution in [2.75, 3.05) is 13.1 Å². The quantitative estimate of drug-likeness (QED) is 0.839. The zero-order valence-corrected chi connectivity index (χ0v) is 10.5. The molecule has 0 bridgehead atoms. The maximum Gasteiger partial charge on any atom is 0.287 e. The average Bonchev–Trinajstić information content (AvgIpc) is 3.14. The standard InChI is InChI=1S/C14H11N3O3/c15-6-10-8-17(10)13(18)7-16-14(19)12-5-9-3-1-2-4-11(9)20-12/h1-5,10H,7-8H2,(H,16,19). The number of fused-ring (bicyclic) bond motifs is 1. The Balaban J connectivity index is 1.62. The number of amides is 2. The summed E-state index contributed by atoms with van der Waals surface area (Å²) in [5.74, 6) is -0.535. The molecule has 0 aliphatic carbocycles. The normalized spacial score (nSPS) is 16.8. The first-order valence-electron chi connectivity index (χ1n) is 6.15. The first kappa shape index (κ1) is 12.2. The molecule has 1 atom stereocenters. The topological polar surface area (TPSA) is 86.1 Å². The number of nitriles is 1. The molecule has 6 nitrogen and oxygen atoms in total. The van der Waals surface area contributed by atoms with E-state index in [-0.39, 0.29) is 24.3 Å². The van der Waals surface area contributed by atoms with Crippen LogP contribution in [0.5, 0.6) is 0 Å². The molecule has 2 amide bonds. The Hall–Kier alpha value is -2.81. The zero-order chi connectivity index (χ0) is 14.1. The van der Waals surface area contributed by atoms with Crippen LogP contribution in [0.4, 0.5) is 0 Å². The number of nitrogens with one attached hydrogen (secondary N) is 1. The predicted octanol–water partition coefficient (Wildman–Crippen LogP) is 0.897. The molecule has 1 unspecified atom stereocenters. The van der Waals surface area contributed by atoms with Crippen molar-refractivity contribution >= 4 is 22.8 Å². The molecule has 3 rings (SSSR count). The maximum atomic E-state index is 11.9. The highest BCUT2D eigenvalue weighted by Gasteiger charge is 2.38. The SMILES string of the molecule is N#CC1CN1C(=O)CNC(=O)c1cc2ccccc2o1. The van der Waals surface area contributed by atoms with Gasteiger partial charge < -0.3 is 14.6 Å². The molecule has 6 heteroatoms. The van der Waals surface area contributed by atoms with Gasteiger partial charge in [-0.3, -0.25) is 9.59 Å². The molecule has 100 valence electrons. The van der Waals surface area contributed by atoms with Crippen molar-refractivity contribution < 1.29 is 14.0 Å². The third-order valence-corrected chi connectivity index (χ3v) is 3.13. The van der Waals surface area contributed by atoms with Gasteiger partial charge in [0.05, 0.1) is 19.2 Å². The Kier molecular flexibility index (Phi) is 2.88. The monoisotopic (exact) mass is 269 g/mol. The third kappa shape index (κ3) is 2.21. The molecule has 1 aromatic heterocycles. The summed E-state index contributed by atoms with van der Waals surface area (Å²) in [7, 11) is 0. The van der Waals surface area contributed by atoms with E-state index in [4.69, 9.17) is 9.68 Å². The van der Waals surface area contributed by atoms with Crippen molar-refractivity contribution in [3.63, 3.8) is 0 Å². The van der Waals surface area contributed by atoms with Crippen LogP contribution in [0.25, 0.3) is 11.0 Å². The van der Waals surface area contributed by atoms with Crippen molar-refractivity contribution in [2.24, 2.45) is 0 Å². The van der Waals surface area contributed by atoms with Gasteiger partial charge in [0.2, 0.25) is 5.91 Å². The molecule has 0 radical (unpaired) electrons. The fraction of sp³-hybridized carbons (Fsp3) is 0.214. The van der Waals surface area contributed by atoms with Gasteiger partial charge in [-0.2, -0.15) is 5.26 Å². The van der Waals surface area contributed by atoms with Gasteiger partial charge in [-0.15, -0.1) is 0 Å². The molecule has 2 heterocycles. The summed E-state index contributed by atoms with van der Waals surface area (Å²) in [6.45, 7) is 0.309. The van der Waals surface area contributed by atoms with E-state index in [1.54, 1.807) is 12.1 Å². The Morgan fingerprint density at radius 2 is 2.25 bits per heavy atom. The number of benzene rings is 1. The van der Waals surface area contributed by atoms with E-state index in [9.17, 15) is 9.59 Å². The van der Waals surface area contributed by atoms with E-state index < -0.39 is 5.91 Å². The van der Waals surface area contributed by atoms with E-state index >= 15 is 0 Å². The number of carbonyl (C=O) groups excluding carboxylic acids is 2. The van der Waals surface area contributed by atoms with Crippen LogP contribution in [-0.2, 0) is 4.79 Å². The highest BCUT2D eigenvalue weighted by molar-refractivity contribution is 5.98. The Morgan fingerprint density at radius 3 is 2.95 bits per heavy atom. The molecule has 1 saturated heterocycles. The molecule has 1 N–H and O–H groups in total. The van der Waals surface area contributed by atoms with Crippen LogP contribution in [0.3, 0.4) is 0 Å². The summed E-state index contributed by atoms with van der Waals surface area (Å²) < 4.78 is 5.39. The number of furan rings is 1. The van der Waals surface area contributed by atoms with Crippen LogP contribution in [0.2, 0.25) is 0 Å². The van der Waals surface area contributed by atoms with E-state index in [1.807, 2.05) is 24.3 Å². The van der Waals surface area contributed by atoms with E-state index in [0.717, 1.165) is 5.39 Å². The molecule has 1 aliphatic heterocycles. The third-order valence-electron chi connectivity index (χ3n) is 3.13. The van der Waals surface area contributed by atoms with Crippen molar-refractivity contribution in [1.29, 1.82) is 5.26 Å². The molecule has 20 heavy (non-hydrogen) atoms. The van der Waals surface area contributed by atoms with Crippen LogP contribution in [0.15, 0.2) is 34.7 Å². The largest absolute Gasteiger partial charge is 0.451 e. The first-order chi connectivity index (χ1) is 9.69. The van der Waals surface area contributed by atoms with E-state index in [1.165, 1.54) is 4.90 Å². The van der Waals surface area contributed by atoms with Gasteiger partial charge in [0.1, 0.15) is 11.6 Å². The molecule has 1 aliphatic rings. The molecule has 2 aromatic rings. The summed E-state index contributed by atoms with van der Waals surface area (Å²) in [5, 5.41) is 11.9. The van der Waals surface area contributed by atoms with Gasteiger partial charge in [-0.1, -0.05) is 18.2 Å². The lowest BCUT2D eigenvalue weighted by molar-refractivity contribution is -0.124. The molecular weight excluding hydrogens is 258 g/mol. The molecule has 0 spiro atoms. The van der Waals surface area contributed by atoms with Gasteiger partial charge >= 0.3 is 0 Å². The lowest BCUT2D eigenvalue weighted by Gasteiger charge is -2.03. The van der Waals surface area contributed by atoms with Gasteiger partial charge in [0, 0.05) is 5.39 Å².